The van der Waals surface area contributed by atoms with Crippen LogP contribution in [0.3, 0.4) is 0 Å². The molecule has 0 radical (unpaired) electrons. The zero-order valence-corrected chi connectivity index (χ0v) is 16.3. The predicted molar refractivity (Wildman–Crippen MR) is 107 cm³/mol. The van der Waals surface area contributed by atoms with Gasteiger partial charge < -0.3 is 15.4 Å². The molecule has 0 aliphatic rings. The fourth-order valence-electron chi connectivity index (χ4n) is 2.61. The Bertz CT molecular complexity index is 1060. The van der Waals surface area contributed by atoms with Crippen LogP contribution >= 0.6 is 11.3 Å². The van der Waals surface area contributed by atoms with E-state index in [-0.39, 0.29) is 10.6 Å². The van der Waals surface area contributed by atoms with Gasteiger partial charge in [0.2, 0.25) is 5.91 Å². The van der Waals surface area contributed by atoms with E-state index < -0.39 is 23.1 Å². The SMILES string of the molecule is Cc1ccc(N(c2cc(-c3ccc(C(N)=O)cc3)sc2C(=O)O)S(=O)[O-])cc1. The Morgan fingerprint density at radius 3 is 2.21 bits per heavy atom. The summed E-state index contributed by atoms with van der Waals surface area (Å²) >= 11 is -1.78. The van der Waals surface area contributed by atoms with Crippen LogP contribution in [0, 0.1) is 6.92 Å². The summed E-state index contributed by atoms with van der Waals surface area (Å²) in [5.41, 5.74) is 7.51. The van der Waals surface area contributed by atoms with Crippen molar-refractivity contribution < 1.29 is 23.5 Å². The number of carboxylic acids is 1. The number of aryl methyl sites for hydroxylation is 1. The molecule has 7 nitrogen and oxygen atoms in total. The first-order valence-electron chi connectivity index (χ1n) is 8.01. The van der Waals surface area contributed by atoms with Gasteiger partial charge in [0, 0.05) is 10.4 Å². The Labute approximate surface area is 167 Å². The largest absolute Gasteiger partial charge is 0.755 e. The lowest BCUT2D eigenvalue weighted by Crippen LogP contribution is -2.20. The summed E-state index contributed by atoms with van der Waals surface area (Å²) in [6.07, 6.45) is 0. The third-order valence-corrected chi connectivity index (χ3v) is 5.86. The van der Waals surface area contributed by atoms with Gasteiger partial charge in [-0.3, -0.25) is 13.3 Å². The lowest BCUT2D eigenvalue weighted by Gasteiger charge is -2.26. The van der Waals surface area contributed by atoms with Gasteiger partial charge in [0.25, 0.3) is 0 Å². The number of nitrogens with zero attached hydrogens (tertiary/aromatic N) is 1. The van der Waals surface area contributed by atoms with E-state index in [1.165, 1.54) is 18.2 Å². The summed E-state index contributed by atoms with van der Waals surface area (Å²) in [5, 5.41) is 9.59. The summed E-state index contributed by atoms with van der Waals surface area (Å²) in [6, 6.07) is 14.5. The number of aromatic carboxylic acids is 1. The van der Waals surface area contributed by atoms with Crippen molar-refractivity contribution in [3.8, 4) is 10.4 Å². The molecule has 0 aliphatic heterocycles. The van der Waals surface area contributed by atoms with Gasteiger partial charge >= 0.3 is 5.97 Å². The van der Waals surface area contributed by atoms with E-state index in [2.05, 4.69) is 0 Å². The first-order valence-corrected chi connectivity index (χ1v) is 9.86. The fraction of sp³-hybridized carbons (Fsp3) is 0.0526. The maximum atomic E-state index is 11.9. The van der Waals surface area contributed by atoms with Crippen LogP contribution in [0.1, 0.15) is 25.6 Å². The number of anilines is 2. The topological polar surface area (TPSA) is 124 Å². The average molecular weight is 415 g/mol. The molecule has 0 bridgehead atoms. The number of primary amides is 1. The molecule has 1 amide bonds. The molecule has 0 saturated carbocycles. The average Bonchev–Trinajstić information content (AvgIpc) is 3.08. The molecule has 0 spiro atoms. The van der Waals surface area contributed by atoms with Crippen molar-refractivity contribution in [1.82, 2.24) is 0 Å². The van der Waals surface area contributed by atoms with E-state index in [1.807, 2.05) is 6.92 Å². The van der Waals surface area contributed by atoms with Gasteiger partial charge in [-0.25, -0.2) is 4.79 Å². The second-order valence-electron chi connectivity index (χ2n) is 5.92. The molecule has 0 saturated heterocycles. The van der Waals surface area contributed by atoms with E-state index in [4.69, 9.17) is 5.73 Å². The normalized spacial score (nSPS) is 11.8. The van der Waals surface area contributed by atoms with Crippen molar-refractivity contribution in [2.24, 2.45) is 5.73 Å². The molecule has 9 heteroatoms. The Morgan fingerprint density at radius 2 is 1.71 bits per heavy atom. The van der Waals surface area contributed by atoms with Gasteiger partial charge in [-0.1, -0.05) is 29.8 Å². The van der Waals surface area contributed by atoms with Crippen LogP contribution in [0.25, 0.3) is 10.4 Å². The van der Waals surface area contributed by atoms with Crippen LogP contribution < -0.4 is 10.0 Å². The molecule has 28 heavy (non-hydrogen) atoms. The smallest absolute Gasteiger partial charge is 0.348 e. The lowest BCUT2D eigenvalue weighted by molar-refractivity contribution is 0.0702. The number of amides is 1. The van der Waals surface area contributed by atoms with Gasteiger partial charge in [-0.15, -0.1) is 11.3 Å². The number of thiophene rings is 1. The van der Waals surface area contributed by atoms with Gasteiger partial charge in [0.1, 0.15) is 4.88 Å². The van der Waals surface area contributed by atoms with Gasteiger partial charge in [-0.05, 0) is 42.8 Å². The van der Waals surface area contributed by atoms with Crippen LogP contribution in [0.2, 0.25) is 0 Å². The monoisotopic (exact) mass is 415 g/mol. The molecule has 3 N–H and O–H groups in total. The highest BCUT2D eigenvalue weighted by atomic mass is 32.2. The number of benzene rings is 2. The van der Waals surface area contributed by atoms with Gasteiger partial charge in [-0.2, -0.15) is 0 Å². The quantitative estimate of drug-likeness (QED) is 0.597. The Morgan fingerprint density at radius 1 is 1.11 bits per heavy atom. The van der Waals surface area contributed by atoms with Crippen molar-refractivity contribution in [2.45, 2.75) is 6.92 Å². The maximum absolute atomic E-state index is 11.9. The molecule has 3 rings (SSSR count). The number of carbonyl (C=O) groups is 2. The number of carbonyl (C=O) groups excluding carboxylic acids is 1. The van der Waals surface area contributed by atoms with Crippen LogP contribution in [0.4, 0.5) is 11.4 Å². The second kappa shape index (κ2) is 7.93. The molecule has 0 fully saturated rings. The van der Waals surface area contributed by atoms with Crippen molar-refractivity contribution in [3.63, 3.8) is 0 Å². The summed E-state index contributed by atoms with van der Waals surface area (Å²) < 4.78 is 24.8. The first kappa shape index (κ1) is 19.7. The molecule has 1 unspecified atom stereocenters. The van der Waals surface area contributed by atoms with E-state index >= 15 is 0 Å². The molecule has 1 aromatic heterocycles. The highest BCUT2D eigenvalue weighted by Gasteiger charge is 2.23. The molecular weight excluding hydrogens is 400 g/mol. The molecule has 2 aromatic carbocycles. The van der Waals surface area contributed by atoms with E-state index in [1.54, 1.807) is 36.4 Å². The van der Waals surface area contributed by atoms with E-state index in [9.17, 15) is 23.5 Å². The highest BCUT2D eigenvalue weighted by molar-refractivity contribution is 7.81. The fourth-order valence-corrected chi connectivity index (χ4v) is 4.25. The molecular formula is C19H15N2O5S2-. The predicted octanol–water partition coefficient (Wildman–Crippen LogP) is 3.45. The Kier molecular flexibility index (Phi) is 5.59. The van der Waals surface area contributed by atoms with Crippen LogP contribution in [-0.2, 0) is 11.3 Å². The van der Waals surface area contributed by atoms with Gasteiger partial charge in [0.15, 0.2) is 0 Å². The third-order valence-electron chi connectivity index (χ3n) is 4.00. The standard InChI is InChI=1S/C19H16N2O5S2/c1-11-2-8-14(9-3-11)21(28(25)26)15-10-16(27-17(15)19(23)24)12-4-6-13(7-5-12)18(20)22/h2-10H,1H3,(H2,20,22)(H,23,24)(H,25,26)/p-1. The minimum atomic E-state index is -2.73. The molecule has 1 heterocycles. The van der Waals surface area contributed by atoms with Crippen LogP contribution in [0.5, 0.6) is 0 Å². The Balaban J connectivity index is 2.11. The summed E-state index contributed by atoms with van der Waals surface area (Å²) in [7, 11) is 0. The van der Waals surface area contributed by atoms with Crippen molar-refractivity contribution in [3.05, 3.63) is 70.6 Å². The first-order chi connectivity index (χ1) is 13.3. The van der Waals surface area contributed by atoms with E-state index in [0.717, 1.165) is 21.2 Å². The van der Waals surface area contributed by atoms with E-state index in [0.29, 0.717) is 21.7 Å². The lowest BCUT2D eigenvalue weighted by atomic mass is 10.1. The number of hydrogen-bond acceptors (Lipinski definition) is 5. The van der Waals surface area contributed by atoms with Crippen LogP contribution in [0.15, 0.2) is 54.6 Å². The minimum Gasteiger partial charge on any atom is -0.755 e. The number of rotatable bonds is 6. The molecule has 1 atom stereocenters. The van der Waals surface area contributed by atoms with Crippen molar-refractivity contribution >= 4 is 45.9 Å². The van der Waals surface area contributed by atoms with Gasteiger partial charge in [0.05, 0.1) is 22.6 Å². The number of carboxylic acid groups (broad SMARTS) is 1. The summed E-state index contributed by atoms with van der Waals surface area (Å²) in [6.45, 7) is 1.86. The van der Waals surface area contributed by atoms with Crippen molar-refractivity contribution in [1.29, 1.82) is 0 Å². The zero-order chi connectivity index (χ0) is 20.4. The molecule has 3 aromatic rings. The third kappa shape index (κ3) is 3.96. The summed E-state index contributed by atoms with van der Waals surface area (Å²) in [5.74, 6) is -1.81. The number of nitrogens with two attached hydrogens (primary N) is 1. The maximum Gasteiger partial charge on any atom is 0.348 e. The van der Waals surface area contributed by atoms with Crippen LogP contribution in [-0.4, -0.2) is 25.7 Å². The second-order valence-corrected chi connectivity index (χ2v) is 7.77. The highest BCUT2D eigenvalue weighted by Crippen LogP contribution is 2.40. The molecule has 144 valence electrons. The zero-order valence-electron chi connectivity index (χ0n) is 14.6. The summed E-state index contributed by atoms with van der Waals surface area (Å²) in [4.78, 5) is 23.4. The minimum absolute atomic E-state index is 0.0451. The Hall–Kier alpha value is -3.01. The number of hydrogen-bond donors (Lipinski definition) is 2. The molecule has 0 aliphatic carbocycles. The van der Waals surface area contributed by atoms with Crippen molar-refractivity contribution in [2.75, 3.05) is 4.31 Å².